The number of H-pyrrole nitrogens is 1. The molecule has 24 heteroatoms. The van der Waals surface area contributed by atoms with Gasteiger partial charge >= 0.3 is 18.1 Å². The predicted octanol–water partition coefficient (Wildman–Crippen LogP) is 13.6. The number of hydrogen-bond acceptors (Lipinski definition) is 16. The third-order valence-electron chi connectivity index (χ3n) is 17.7. The van der Waals surface area contributed by atoms with Crippen LogP contribution in [0.5, 0.6) is 0 Å². The molecule has 3 amide bonds. The van der Waals surface area contributed by atoms with Crippen molar-refractivity contribution in [2.45, 2.75) is 116 Å². The summed E-state index contributed by atoms with van der Waals surface area (Å²) >= 11 is 0. The number of esters is 1. The Labute approximate surface area is 609 Å². The fourth-order valence-corrected chi connectivity index (χ4v) is 12.7. The van der Waals surface area contributed by atoms with Crippen molar-refractivity contribution in [1.29, 1.82) is 0 Å². The Bertz CT molecular complexity index is 4210. The number of benzene rings is 6. The van der Waals surface area contributed by atoms with Crippen LogP contribution < -0.4 is 26.2 Å². The average Bonchev–Trinajstić information content (AvgIpc) is 1.76. The highest BCUT2D eigenvalue weighted by Gasteiger charge is 2.31. The van der Waals surface area contributed by atoms with Crippen molar-refractivity contribution in [3.63, 3.8) is 0 Å². The number of amides is 3. The lowest BCUT2D eigenvalue weighted by Gasteiger charge is -2.23. The highest BCUT2D eigenvalue weighted by molar-refractivity contribution is 6.08. The van der Waals surface area contributed by atoms with Gasteiger partial charge in [-0.15, -0.1) is 0 Å². The van der Waals surface area contributed by atoms with Crippen LogP contribution >= 0.6 is 0 Å². The molecule has 0 unspecified atom stereocenters. The number of pyridine rings is 1. The molecule has 0 bridgehead atoms. The summed E-state index contributed by atoms with van der Waals surface area (Å²) < 4.78 is 72.0. The molecule has 6 aromatic carbocycles. The Morgan fingerprint density at radius 1 is 0.629 bits per heavy atom. The maximum absolute atomic E-state index is 14.0. The third-order valence-corrected chi connectivity index (χ3v) is 17.7. The standard InChI is InChI=1S/C49H52F3N5O6.C23H33NO6.C9H9NO2/c50-49(51,52)39-12-5-7-33(28-39)31-55-46(59)38-17-19-53-44(30-38)42-29-36(35-9-2-1-3-10-35)15-16-43(42)56-47(60)37-11-4-8-34(27-37)32-57-21-18-40-41(13-6-14-45(40)57)48(61)54-20-23-62-25-26-63-24-22-58;1-23(2,3)30-22(26)10-13-28-15-17-29-16-14-27-12-5-8-21(25)19-6-4-7-20-18(19)9-11-24-20;11-9(12)7-2-1-3-8-6(7)4-5-10-8/h4-8,11-17,19,27-30,35,58H,1-3,9-10,18,20-26,31-32H2,(H,54,61)(H,55,59)(H,56,60);4,6-7,9,11,24H,5,8,10,12-17H2,1-3H3;1-3,10H,4-5H2,(H,11,12). The number of nitrogens with one attached hydrogen (secondary N) is 5. The summed E-state index contributed by atoms with van der Waals surface area (Å²) in [5, 5.41) is 30.5. The molecule has 558 valence electrons. The molecule has 11 rings (SSSR count). The summed E-state index contributed by atoms with van der Waals surface area (Å²) in [6, 6.07) is 40.1. The van der Waals surface area contributed by atoms with Gasteiger partial charge in [-0.25, -0.2) is 4.79 Å². The monoisotopic (exact) mass is 1450 g/mol. The first-order chi connectivity index (χ1) is 50.7. The van der Waals surface area contributed by atoms with Crippen LogP contribution in [0.3, 0.4) is 0 Å². The lowest BCUT2D eigenvalue weighted by Crippen LogP contribution is -2.28. The highest BCUT2D eigenvalue weighted by Crippen LogP contribution is 2.38. The number of nitrogens with zero attached hydrogens (tertiary/aromatic N) is 2. The van der Waals surface area contributed by atoms with Crippen molar-refractivity contribution in [1.82, 2.24) is 20.6 Å². The van der Waals surface area contributed by atoms with Gasteiger partial charge in [-0.1, -0.05) is 73.9 Å². The minimum Gasteiger partial charge on any atom is -0.478 e. The zero-order valence-corrected chi connectivity index (χ0v) is 59.7. The second kappa shape index (κ2) is 39.9. The minimum atomic E-state index is -4.49. The Balaban J connectivity index is 0.000000248. The first kappa shape index (κ1) is 79.3. The molecule has 3 aliphatic rings. The molecule has 2 aliphatic heterocycles. The number of anilines is 3. The normalized spacial score (nSPS) is 13.3. The zero-order valence-electron chi connectivity index (χ0n) is 59.7. The summed E-state index contributed by atoms with van der Waals surface area (Å²) in [6.07, 6.45) is 7.31. The lowest BCUT2D eigenvalue weighted by atomic mass is 9.83. The van der Waals surface area contributed by atoms with Gasteiger partial charge in [0.2, 0.25) is 0 Å². The van der Waals surface area contributed by atoms with Crippen LogP contribution in [0.1, 0.15) is 163 Å². The number of aromatic amines is 1. The first-order valence-corrected chi connectivity index (χ1v) is 35.7. The van der Waals surface area contributed by atoms with Crippen molar-refractivity contribution in [3.8, 4) is 11.3 Å². The molecule has 2 aromatic heterocycles. The second-order valence-electron chi connectivity index (χ2n) is 26.5. The fourth-order valence-electron chi connectivity index (χ4n) is 12.7. The number of Topliss-reactive ketones (excluding diaryl/α,β-unsaturated/α-hetero) is 1. The molecule has 0 saturated heterocycles. The Hall–Kier alpha value is -9.82. The highest BCUT2D eigenvalue weighted by atomic mass is 19.4. The van der Waals surface area contributed by atoms with E-state index in [1.54, 1.807) is 30.3 Å². The van der Waals surface area contributed by atoms with E-state index in [1.807, 2.05) is 112 Å². The van der Waals surface area contributed by atoms with Crippen molar-refractivity contribution < 1.29 is 80.6 Å². The summed E-state index contributed by atoms with van der Waals surface area (Å²) in [6.45, 7) is 11.8. The van der Waals surface area contributed by atoms with Gasteiger partial charge in [-0.2, -0.15) is 13.2 Å². The molecule has 1 saturated carbocycles. The molecule has 1 fully saturated rings. The van der Waals surface area contributed by atoms with E-state index in [0.29, 0.717) is 143 Å². The number of aromatic nitrogens is 2. The smallest absolute Gasteiger partial charge is 0.416 e. The number of carboxylic acids is 1. The number of hydrogen-bond donors (Lipinski definition) is 7. The number of aromatic carboxylic acids is 1. The summed E-state index contributed by atoms with van der Waals surface area (Å²) in [4.78, 5) is 85.1. The number of halogens is 3. The molecular formula is C81H94F3N7O14. The van der Waals surface area contributed by atoms with Crippen molar-refractivity contribution in [2.75, 3.05) is 108 Å². The number of aliphatic hydroxyl groups is 1. The van der Waals surface area contributed by atoms with E-state index in [9.17, 15) is 41.9 Å². The predicted molar refractivity (Wildman–Crippen MR) is 395 cm³/mol. The van der Waals surface area contributed by atoms with Crippen LogP contribution in [0.2, 0.25) is 0 Å². The fraction of sp³-hybridized carbons (Fsp3) is 0.395. The van der Waals surface area contributed by atoms with Crippen LogP contribution in [-0.4, -0.2) is 154 Å². The maximum atomic E-state index is 14.0. The van der Waals surface area contributed by atoms with Crippen LogP contribution in [-0.2, 0) is 65.3 Å². The van der Waals surface area contributed by atoms with E-state index in [2.05, 4.69) is 36.1 Å². The number of carbonyl (C=O) groups is 6. The quantitative estimate of drug-likeness (QED) is 0.0114. The van der Waals surface area contributed by atoms with Crippen molar-refractivity contribution >= 4 is 63.4 Å². The number of carboxylic acid groups (broad SMARTS) is 1. The number of aliphatic hydroxyl groups excluding tert-OH is 1. The third kappa shape index (κ3) is 24.4. The van der Waals surface area contributed by atoms with E-state index >= 15 is 0 Å². The summed E-state index contributed by atoms with van der Waals surface area (Å²) in [7, 11) is 0. The topological polar surface area (TPSA) is 278 Å². The minimum absolute atomic E-state index is 0.0401. The van der Waals surface area contributed by atoms with Crippen molar-refractivity contribution in [2.24, 2.45) is 0 Å². The molecule has 7 N–H and O–H groups in total. The molecular weight excluding hydrogens is 1350 g/mol. The van der Waals surface area contributed by atoms with Gasteiger partial charge in [0.25, 0.3) is 17.7 Å². The Morgan fingerprint density at radius 2 is 1.31 bits per heavy atom. The lowest BCUT2D eigenvalue weighted by molar-refractivity contribution is -0.156. The SMILES string of the molecule is CC(C)(C)OC(=O)CCOCCOCCOCCCC(=O)c1cccc2[nH]ccc12.O=C(NCc1cccc(C(F)(F)F)c1)c1ccnc(-c2cc(C3CCCCC3)ccc2NC(=O)c2cccc(CN3CCc4c(C(=O)NCCOCCOCCO)cccc43)c2)c1.O=C(O)c1cccc2c1CCN2. The van der Waals surface area contributed by atoms with Gasteiger partial charge in [-0.05, 0) is 172 Å². The number of rotatable bonds is 33. The van der Waals surface area contributed by atoms with E-state index < -0.39 is 29.2 Å². The van der Waals surface area contributed by atoms with E-state index in [-0.39, 0.29) is 55.3 Å². The Kier molecular flexibility index (Phi) is 30.1. The average molecular weight is 1450 g/mol. The van der Waals surface area contributed by atoms with Crippen LogP contribution in [0.25, 0.3) is 22.2 Å². The largest absolute Gasteiger partial charge is 0.478 e. The van der Waals surface area contributed by atoms with Crippen LogP contribution in [0.4, 0.5) is 30.2 Å². The van der Waals surface area contributed by atoms with Crippen LogP contribution in [0, 0.1) is 0 Å². The second-order valence-corrected chi connectivity index (χ2v) is 26.5. The number of fused-ring (bicyclic) bond motifs is 3. The molecule has 0 atom stereocenters. The van der Waals surface area contributed by atoms with E-state index in [1.165, 1.54) is 24.8 Å². The van der Waals surface area contributed by atoms with Gasteiger partial charge < -0.3 is 69.8 Å². The van der Waals surface area contributed by atoms with Crippen molar-refractivity contribution in [3.05, 3.63) is 213 Å². The van der Waals surface area contributed by atoms with Gasteiger partial charge in [0.15, 0.2) is 5.78 Å². The molecule has 21 nitrogen and oxygen atoms in total. The Morgan fingerprint density at radius 3 is 2.08 bits per heavy atom. The molecule has 1 aliphatic carbocycles. The molecule has 105 heavy (non-hydrogen) atoms. The number of alkyl halides is 3. The molecule has 8 aromatic rings. The van der Waals surface area contributed by atoms with E-state index in [0.717, 1.165) is 101 Å². The van der Waals surface area contributed by atoms with Gasteiger partial charge in [0.05, 0.1) is 95.0 Å². The molecule has 0 spiro atoms. The van der Waals surface area contributed by atoms with E-state index in [4.69, 9.17) is 38.6 Å². The summed E-state index contributed by atoms with van der Waals surface area (Å²) in [5.74, 6) is -1.58. The zero-order chi connectivity index (χ0) is 74.6. The number of ketones is 1. The first-order valence-electron chi connectivity index (χ1n) is 35.7. The maximum Gasteiger partial charge on any atom is 0.416 e. The summed E-state index contributed by atoms with van der Waals surface area (Å²) in [5.41, 5.74) is 10.1. The van der Waals surface area contributed by atoms with Gasteiger partial charge in [0.1, 0.15) is 5.60 Å². The molecule has 4 heterocycles. The van der Waals surface area contributed by atoms with Gasteiger partial charge in [-0.3, -0.25) is 29.0 Å². The number of carbonyl (C=O) groups excluding carboxylic acids is 5. The van der Waals surface area contributed by atoms with Gasteiger partial charge in [0, 0.05) is 108 Å². The molecule has 0 radical (unpaired) electrons. The van der Waals surface area contributed by atoms with Crippen LogP contribution in [0.15, 0.2) is 152 Å². The number of ether oxygens (including phenoxy) is 6.